The normalized spacial score (nSPS) is 28.2. The maximum atomic E-state index is 10.8. The van der Waals surface area contributed by atoms with Crippen molar-refractivity contribution in [1.29, 1.82) is 0 Å². The molecule has 17 heavy (non-hydrogen) atoms. The van der Waals surface area contributed by atoms with Crippen LogP contribution in [-0.4, -0.2) is 22.4 Å². The summed E-state index contributed by atoms with van der Waals surface area (Å²) in [7, 11) is 0. The first-order valence-electron chi connectivity index (χ1n) is 6.49. The Morgan fingerprint density at radius 1 is 1.35 bits per heavy atom. The van der Waals surface area contributed by atoms with E-state index in [4.69, 9.17) is 0 Å². The van der Waals surface area contributed by atoms with Gasteiger partial charge in [-0.2, -0.15) is 0 Å². The smallest absolute Gasteiger partial charge is 0.0743 e. The Hall–Kier alpha value is -0.860. The van der Waals surface area contributed by atoms with E-state index >= 15 is 0 Å². The minimum Gasteiger partial charge on any atom is -0.396 e. The monoisotopic (exact) mass is 234 g/mol. The molecule has 2 heteroatoms. The minimum absolute atomic E-state index is 0.0574. The molecule has 2 nitrogen and oxygen atoms in total. The molecule has 2 N–H and O–H groups in total. The summed E-state index contributed by atoms with van der Waals surface area (Å²) in [4.78, 5) is 0. The molecule has 0 amide bonds. The van der Waals surface area contributed by atoms with E-state index < -0.39 is 5.60 Å². The molecule has 1 aromatic rings. The molecular weight excluding hydrogens is 212 g/mol. The van der Waals surface area contributed by atoms with Crippen molar-refractivity contribution >= 4 is 0 Å². The molecule has 0 unspecified atom stereocenters. The van der Waals surface area contributed by atoms with Gasteiger partial charge in [0.1, 0.15) is 0 Å². The van der Waals surface area contributed by atoms with E-state index in [0.717, 1.165) is 12.8 Å². The molecule has 1 aliphatic rings. The first-order valence-corrected chi connectivity index (χ1v) is 6.49. The van der Waals surface area contributed by atoms with Gasteiger partial charge in [0.25, 0.3) is 0 Å². The Kier molecular flexibility index (Phi) is 3.55. The fraction of sp³-hybridized carbons (Fsp3) is 0.600. The van der Waals surface area contributed by atoms with Gasteiger partial charge in [-0.1, -0.05) is 38.1 Å². The van der Waals surface area contributed by atoms with E-state index in [1.54, 1.807) is 0 Å². The molecule has 2 rings (SSSR count). The largest absolute Gasteiger partial charge is 0.396 e. The predicted octanol–water partition coefficient (Wildman–Crippen LogP) is 2.49. The summed E-state index contributed by atoms with van der Waals surface area (Å²) < 4.78 is 0. The van der Waals surface area contributed by atoms with Gasteiger partial charge in [-0.25, -0.2) is 0 Å². The second-order valence-electron chi connectivity index (χ2n) is 5.50. The van der Waals surface area contributed by atoms with Crippen LogP contribution in [0.15, 0.2) is 24.3 Å². The number of benzene rings is 1. The zero-order valence-electron chi connectivity index (χ0n) is 10.7. The lowest BCUT2D eigenvalue weighted by atomic mass is 9.66. The van der Waals surface area contributed by atoms with Gasteiger partial charge in [0.05, 0.1) is 5.60 Å². The number of aryl methyl sites for hydroxylation is 1. The fourth-order valence-corrected chi connectivity index (χ4v) is 3.32. The summed E-state index contributed by atoms with van der Waals surface area (Å²) >= 11 is 0. The third-order valence-electron chi connectivity index (χ3n) is 4.01. The molecule has 0 radical (unpaired) electrons. The molecular formula is C15H22O2. The predicted molar refractivity (Wildman–Crippen MR) is 69.0 cm³/mol. The van der Waals surface area contributed by atoms with Gasteiger partial charge in [-0.15, -0.1) is 0 Å². The van der Waals surface area contributed by atoms with Gasteiger partial charge >= 0.3 is 0 Å². The van der Waals surface area contributed by atoms with E-state index in [1.807, 2.05) is 6.07 Å². The lowest BCUT2D eigenvalue weighted by Gasteiger charge is -2.43. The van der Waals surface area contributed by atoms with Crippen molar-refractivity contribution in [1.82, 2.24) is 0 Å². The zero-order valence-corrected chi connectivity index (χ0v) is 10.7. The molecule has 0 bridgehead atoms. The van der Waals surface area contributed by atoms with Crippen LogP contribution in [0.25, 0.3) is 0 Å². The van der Waals surface area contributed by atoms with Crippen LogP contribution < -0.4 is 0 Å². The number of hydrogen-bond donors (Lipinski definition) is 2. The summed E-state index contributed by atoms with van der Waals surface area (Å²) in [6.45, 7) is 4.35. The molecule has 0 aliphatic heterocycles. The average Bonchev–Trinajstić information content (AvgIpc) is 2.28. The Labute approximate surface area is 103 Å². The van der Waals surface area contributed by atoms with Gasteiger partial charge in [0.15, 0.2) is 0 Å². The summed E-state index contributed by atoms with van der Waals surface area (Å²) in [5, 5.41) is 20.0. The van der Waals surface area contributed by atoms with Crippen molar-refractivity contribution < 1.29 is 10.2 Å². The quantitative estimate of drug-likeness (QED) is 0.843. The Bertz CT molecular complexity index is 386. The molecule has 0 spiro atoms. The van der Waals surface area contributed by atoms with Crippen LogP contribution in [0.3, 0.4) is 0 Å². The van der Waals surface area contributed by atoms with Gasteiger partial charge in [-0.3, -0.25) is 0 Å². The molecule has 0 heterocycles. The van der Waals surface area contributed by atoms with Crippen molar-refractivity contribution in [3.05, 3.63) is 35.4 Å². The first kappa shape index (κ1) is 12.6. The molecule has 0 fully saturated rings. The summed E-state index contributed by atoms with van der Waals surface area (Å²) in [5.74, 6) is 0.521. The van der Waals surface area contributed by atoms with Crippen LogP contribution in [0, 0.1) is 5.92 Å². The standard InChI is InChI=1S/C15H22O2/c1-11(2)14-13-6-4-3-5-12(13)7-8-15(14,17)9-10-16/h3-6,11,14,16-17H,7-10H2,1-2H3/t14-,15-/m0/s1. The molecule has 0 saturated carbocycles. The van der Waals surface area contributed by atoms with Gasteiger partial charge in [-0.05, 0) is 36.3 Å². The van der Waals surface area contributed by atoms with E-state index in [9.17, 15) is 10.2 Å². The van der Waals surface area contributed by atoms with E-state index in [0.29, 0.717) is 12.3 Å². The number of aliphatic hydroxyl groups excluding tert-OH is 1. The molecule has 2 atom stereocenters. The number of rotatable bonds is 3. The highest BCUT2D eigenvalue weighted by Crippen LogP contribution is 2.45. The van der Waals surface area contributed by atoms with Crippen LogP contribution in [0.2, 0.25) is 0 Å². The lowest BCUT2D eigenvalue weighted by molar-refractivity contribution is -0.0354. The average molecular weight is 234 g/mol. The zero-order chi connectivity index (χ0) is 12.5. The highest BCUT2D eigenvalue weighted by atomic mass is 16.3. The van der Waals surface area contributed by atoms with Crippen LogP contribution >= 0.6 is 0 Å². The number of fused-ring (bicyclic) bond motifs is 1. The van der Waals surface area contributed by atoms with Crippen LogP contribution in [0.1, 0.15) is 43.7 Å². The second kappa shape index (κ2) is 4.79. The molecule has 94 valence electrons. The number of aliphatic hydroxyl groups is 2. The van der Waals surface area contributed by atoms with Crippen LogP contribution in [0.4, 0.5) is 0 Å². The number of hydrogen-bond acceptors (Lipinski definition) is 2. The lowest BCUT2D eigenvalue weighted by Crippen LogP contribution is -2.43. The highest BCUT2D eigenvalue weighted by molar-refractivity contribution is 5.36. The van der Waals surface area contributed by atoms with Gasteiger partial charge in [0, 0.05) is 12.5 Å². The molecule has 1 aliphatic carbocycles. The van der Waals surface area contributed by atoms with E-state index in [-0.39, 0.29) is 12.5 Å². The maximum Gasteiger partial charge on any atom is 0.0743 e. The molecule has 0 aromatic heterocycles. The van der Waals surface area contributed by atoms with Crippen molar-refractivity contribution in [2.24, 2.45) is 5.92 Å². The Morgan fingerprint density at radius 3 is 2.71 bits per heavy atom. The fourth-order valence-electron chi connectivity index (χ4n) is 3.32. The van der Waals surface area contributed by atoms with Crippen molar-refractivity contribution in [2.75, 3.05) is 6.61 Å². The molecule has 1 aromatic carbocycles. The van der Waals surface area contributed by atoms with Crippen LogP contribution in [-0.2, 0) is 6.42 Å². The Morgan fingerprint density at radius 2 is 2.06 bits per heavy atom. The first-order chi connectivity index (χ1) is 8.08. The van der Waals surface area contributed by atoms with Crippen LogP contribution in [0.5, 0.6) is 0 Å². The summed E-state index contributed by atoms with van der Waals surface area (Å²) in [6, 6.07) is 8.39. The Balaban J connectivity index is 2.42. The van der Waals surface area contributed by atoms with Crippen molar-refractivity contribution in [3.63, 3.8) is 0 Å². The maximum absolute atomic E-state index is 10.8. The highest BCUT2D eigenvalue weighted by Gasteiger charge is 2.42. The van der Waals surface area contributed by atoms with Crippen molar-refractivity contribution in [2.45, 2.75) is 44.6 Å². The third-order valence-corrected chi connectivity index (χ3v) is 4.01. The second-order valence-corrected chi connectivity index (χ2v) is 5.50. The van der Waals surface area contributed by atoms with E-state index in [2.05, 4.69) is 32.0 Å². The third kappa shape index (κ3) is 2.24. The minimum atomic E-state index is -0.739. The molecule has 0 saturated heterocycles. The van der Waals surface area contributed by atoms with Crippen molar-refractivity contribution in [3.8, 4) is 0 Å². The summed E-state index contributed by atoms with van der Waals surface area (Å²) in [6.07, 6.45) is 2.15. The van der Waals surface area contributed by atoms with E-state index in [1.165, 1.54) is 11.1 Å². The topological polar surface area (TPSA) is 40.5 Å². The van der Waals surface area contributed by atoms with Gasteiger partial charge < -0.3 is 10.2 Å². The SMILES string of the molecule is CC(C)[C@H]1c2ccccc2CC[C@]1(O)CCO. The van der Waals surface area contributed by atoms with Gasteiger partial charge in [0.2, 0.25) is 0 Å². The summed E-state index contributed by atoms with van der Waals surface area (Å²) in [5.41, 5.74) is 1.88.